The third-order valence-corrected chi connectivity index (χ3v) is 9.40. The molecule has 7 nitrogen and oxygen atoms in total. The molecule has 2 unspecified atom stereocenters. The van der Waals surface area contributed by atoms with Crippen LogP contribution in [0.3, 0.4) is 0 Å². The number of alkyl halides is 6. The zero-order chi connectivity index (χ0) is 32.6. The van der Waals surface area contributed by atoms with Crippen LogP contribution in [0.15, 0.2) is 71.5 Å². The predicted octanol–water partition coefficient (Wildman–Crippen LogP) is 5.68. The van der Waals surface area contributed by atoms with Gasteiger partial charge >= 0.3 is 12.4 Å². The smallest absolute Gasteiger partial charge is 0.416 e. The fourth-order valence-corrected chi connectivity index (χ4v) is 6.84. The Morgan fingerprint density at radius 2 is 1.35 bits per heavy atom. The number of likely N-dealkylation sites (tertiary alicyclic amines) is 2. The van der Waals surface area contributed by atoms with Gasteiger partial charge in [0.1, 0.15) is 6.26 Å². The van der Waals surface area contributed by atoms with Crippen LogP contribution in [0.2, 0.25) is 0 Å². The summed E-state index contributed by atoms with van der Waals surface area (Å²) in [5.74, 6) is -0.880. The van der Waals surface area contributed by atoms with Crippen LogP contribution >= 0.6 is 0 Å². The van der Waals surface area contributed by atoms with E-state index in [0.29, 0.717) is 50.0 Å². The lowest BCUT2D eigenvalue weighted by Crippen LogP contribution is -2.65. The maximum atomic E-state index is 13.7. The molecule has 0 aliphatic carbocycles. The van der Waals surface area contributed by atoms with Crippen molar-refractivity contribution >= 4 is 11.8 Å². The molecule has 0 bridgehead atoms. The topological polar surface area (TPSA) is 60.2 Å². The van der Waals surface area contributed by atoms with Gasteiger partial charge in [0.2, 0.25) is 0 Å². The minimum atomic E-state index is -5.04. The third-order valence-electron chi connectivity index (χ3n) is 9.40. The summed E-state index contributed by atoms with van der Waals surface area (Å²) >= 11 is 0. The molecule has 3 saturated heterocycles. The minimum Gasteiger partial charge on any atom is -0.472 e. The first kappa shape index (κ1) is 32.1. The lowest BCUT2D eigenvalue weighted by atomic mass is 9.90. The van der Waals surface area contributed by atoms with E-state index in [0.717, 1.165) is 31.7 Å². The maximum Gasteiger partial charge on any atom is 0.416 e. The van der Waals surface area contributed by atoms with Gasteiger partial charge in [-0.1, -0.05) is 30.3 Å². The largest absolute Gasteiger partial charge is 0.472 e. The second-order valence-electron chi connectivity index (χ2n) is 12.3. The summed E-state index contributed by atoms with van der Waals surface area (Å²) in [6, 6.07) is 12.1. The highest BCUT2D eigenvalue weighted by atomic mass is 19.4. The highest BCUT2D eigenvalue weighted by Gasteiger charge is 2.41. The van der Waals surface area contributed by atoms with Gasteiger partial charge in [-0.25, -0.2) is 0 Å². The second-order valence-corrected chi connectivity index (χ2v) is 12.3. The number of benzene rings is 2. The molecule has 3 aliphatic rings. The average molecular weight is 649 g/mol. The number of halogens is 6. The molecule has 2 atom stereocenters. The van der Waals surface area contributed by atoms with Crippen molar-refractivity contribution < 1.29 is 40.3 Å². The normalized spacial score (nSPS) is 22.1. The molecule has 0 N–H and O–H groups in total. The molecule has 0 spiro atoms. The number of amides is 2. The van der Waals surface area contributed by atoms with Crippen molar-refractivity contribution in [3.63, 3.8) is 0 Å². The van der Waals surface area contributed by atoms with Gasteiger partial charge in [0.15, 0.2) is 0 Å². The minimum absolute atomic E-state index is 0.0443. The van der Waals surface area contributed by atoms with Crippen molar-refractivity contribution in [3.05, 3.63) is 94.9 Å². The van der Waals surface area contributed by atoms with E-state index < -0.39 is 41.0 Å². The summed E-state index contributed by atoms with van der Waals surface area (Å²) in [5, 5.41) is 0. The Bertz CT molecular complexity index is 1480. The molecule has 3 aliphatic heterocycles. The van der Waals surface area contributed by atoms with Crippen LogP contribution in [-0.4, -0.2) is 95.4 Å². The van der Waals surface area contributed by atoms with Crippen molar-refractivity contribution in [2.45, 2.75) is 49.7 Å². The summed E-state index contributed by atoms with van der Waals surface area (Å²) in [5.41, 5.74) is -2.16. The zero-order valence-electron chi connectivity index (χ0n) is 24.9. The van der Waals surface area contributed by atoms with Gasteiger partial charge in [-0.3, -0.25) is 19.4 Å². The van der Waals surface area contributed by atoms with E-state index in [2.05, 4.69) is 9.80 Å². The van der Waals surface area contributed by atoms with Gasteiger partial charge in [0.25, 0.3) is 11.8 Å². The summed E-state index contributed by atoms with van der Waals surface area (Å²) in [7, 11) is 0. The molecule has 0 saturated carbocycles. The molecule has 246 valence electrons. The molecule has 6 rings (SSSR count). The van der Waals surface area contributed by atoms with Crippen LogP contribution in [0.5, 0.6) is 0 Å². The van der Waals surface area contributed by atoms with Crippen LogP contribution in [0.4, 0.5) is 26.3 Å². The number of hydrogen-bond acceptors (Lipinski definition) is 5. The summed E-state index contributed by atoms with van der Waals surface area (Å²) in [6.07, 6.45) is -5.64. The Hall–Kier alpha value is -3.84. The monoisotopic (exact) mass is 648 g/mol. The predicted molar refractivity (Wildman–Crippen MR) is 156 cm³/mol. The van der Waals surface area contributed by atoms with Crippen molar-refractivity contribution in [1.82, 2.24) is 19.6 Å². The van der Waals surface area contributed by atoms with E-state index in [-0.39, 0.29) is 30.6 Å². The molecule has 2 amide bonds. The first-order valence-corrected chi connectivity index (χ1v) is 15.3. The van der Waals surface area contributed by atoms with Gasteiger partial charge in [0, 0.05) is 69.5 Å². The first-order valence-electron chi connectivity index (χ1n) is 15.3. The number of nitrogens with zero attached hydrogens (tertiary/aromatic N) is 4. The summed E-state index contributed by atoms with van der Waals surface area (Å²) in [4.78, 5) is 34.2. The third kappa shape index (κ3) is 6.95. The van der Waals surface area contributed by atoms with E-state index in [1.807, 2.05) is 30.3 Å². The molecule has 2 aromatic carbocycles. The lowest BCUT2D eigenvalue weighted by Gasteiger charge is -2.50. The Balaban J connectivity index is 1.13. The number of rotatable bonds is 6. The fourth-order valence-electron chi connectivity index (χ4n) is 6.84. The van der Waals surface area contributed by atoms with E-state index in [1.165, 1.54) is 17.4 Å². The standard InChI is InChI=1S/C33H34F6N4O3/c34-32(35,36)25-15-24(16-26(17-25)33(37,38)39)31(45)43-8-6-27(18-28(43)14-22-4-2-1-3-5-22)40-9-11-41(12-10-40)29-19-42(20-29)30(44)23-7-13-46-21-23/h1-5,7,13,15-17,21,27-29H,6,8-12,14,18-20H2. The van der Waals surface area contributed by atoms with Crippen molar-refractivity contribution in [2.24, 2.45) is 0 Å². The molecule has 0 radical (unpaired) electrons. The lowest BCUT2D eigenvalue weighted by molar-refractivity contribution is -0.143. The number of carbonyl (C=O) groups excluding carboxylic acids is 2. The van der Waals surface area contributed by atoms with E-state index in [4.69, 9.17) is 4.42 Å². The van der Waals surface area contributed by atoms with Gasteiger partial charge in [0.05, 0.1) is 23.0 Å². The maximum absolute atomic E-state index is 13.7. The van der Waals surface area contributed by atoms with Gasteiger partial charge in [-0.05, 0) is 49.1 Å². The molecular formula is C33H34F6N4O3. The van der Waals surface area contributed by atoms with Crippen LogP contribution < -0.4 is 0 Å². The quantitative estimate of drug-likeness (QED) is 0.323. The molecule has 13 heteroatoms. The number of furan rings is 1. The van der Waals surface area contributed by atoms with Crippen LogP contribution in [0.1, 0.15) is 50.2 Å². The number of piperidine rings is 1. The SMILES string of the molecule is O=C(c1ccoc1)N1CC(N2CCN(C3CCN(C(=O)c4cc(C(F)(F)F)cc(C(F)(F)F)c4)C(Cc4ccccc4)C3)CC2)C1. The zero-order valence-corrected chi connectivity index (χ0v) is 24.9. The Labute approximate surface area is 262 Å². The van der Waals surface area contributed by atoms with Crippen LogP contribution in [0, 0.1) is 0 Å². The van der Waals surface area contributed by atoms with Crippen LogP contribution in [0.25, 0.3) is 0 Å². The molecule has 4 heterocycles. The highest BCUT2D eigenvalue weighted by Crippen LogP contribution is 2.37. The fraction of sp³-hybridized carbons (Fsp3) is 0.455. The Kier molecular flexibility index (Phi) is 8.90. The van der Waals surface area contributed by atoms with Crippen molar-refractivity contribution in [2.75, 3.05) is 45.8 Å². The van der Waals surface area contributed by atoms with Gasteiger partial charge in [-0.2, -0.15) is 26.3 Å². The summed E-state index contributed by atoms with van der Waals surface area (Å²) in [6.45, 7) is 4.70. The molecule has 1 aromatic heterocycles. The summed E-state index contributed by atoms with van der Waals surface area (Å²) < 4.78 is 86.4. The van der Waals surface area contributed by atoms with Gasteiger partial charge in [-0.15, -0.1) is 0 Å². The number of piperazine rings is 1. The highest BCUT2D eigenvalue weighted by molar-refractivity contribution is 5.95. The first-order chi connectivity index (χ1) is 21.9. The van der Waals surface area contributed by atoms with E-state index in [9.17, 15) is 35.9 Å². The molecule has 3 fully saturated rings. The number of hydrogen-bond donors (Lipinski definition) is 0. The molecule has 3 aromatic rings. The van der Waals surface area contributed by atoms with E-state index >= 15 is 0 Å². The van der Waals surface area contributed by atoms with Crippen LogP contribution in [-0.2, 0) is 18.8 Å². The van der Waals surface area contributed by atoms with Crippen molar-refractivity contribution in [3.8, 4) is 0 Å². The average Bonchev–Trinajstić information content (AvgIpc) is 3.55. The van der Waals surface area contributed by atoms with Crippen molar-refractivity contribution in [1.29, 1.82) is 0 Å². The second kappa shape index (κ2) is 12.7. The van der Waals surface area contributed by atoms with E-state index in [1.54, 1.807) is 11.0 Å². The molecular weight excluding hydrogens is 614 g/mol. The Morgan fingerprint density at radius 3 is 1.91 bits per heavy atom. The Morgan fingerprint density at radius 1 is 0.739 bits per heavy atom. The molecule has 46 heavy (non-hydrogen) atoms. The van der Waals surface area contributed by atoms with Gasteiger partial charge < -0.3 is 14.2 Å². The number of carbonyl (C=O) groups is 2.